The highest BCUT2D eigenvalue weighted by atomic mass is 32.2. The van der Waals surface area contributed by atoms with Crippen molar-refractivity contribution < 1.29 is 4.79 Å². The van der Waals surface area contributed by atoms with Gasteiger partial charge in [-0.3, -0.25) is 9.78 Å². The number of pyridine rings is 1. The van der Waals surface area contributed by atoms with Gasteiger partial charge in [0, 0.05) is 36.6 Å². The Morgan fingerprint density at radius 2 is 2.04 bits per heavy atom. The van der Waals surface area contributed by atoms with Crippen LogP contribution >= 0.6 is 11.8 Å². The van der Waals surface area contributed by atoms with Gasteiger partial charge < -0.3 is 9.47 Å². The Bertz CT molecular complexity index is 723. The number of hydrogen-bond donors (Lipinski definition) is 0. The van der Waals surface area contributed by atoms with Gasteiger partial charge >= 0.3 is 0 Å². The van der Waals surface area contributed by atoms with Crippen LogP contribution in [0.15, 0.2) is 29.7 Å². The second-order valence-electron chi connectivity index (χ2n) is 6.92. The third-order valence-corrected chi connectivity index (χ3v) is 5.84. The molecule has 0 bridgehead atoms. The lowest BCUT2D eigenvalue weighted by Gasteiger charge is -2.39. The molecular formula is C19H27N5OS. The summed E-state index contributed by atoms with van der Waals surface area (Å²) in [4.78, 5) is 19.0. The van der Waals surface area contributed by atoms with Crippen LogP contribution in [-0.4, -0.2) is 48.4 Å². The molecule has 7 heteroatoms. The lowest BCUT2D eigenvalue weighted by Crippen LogP contribution is -2.48. The molecule has 0 radical (unpaired) electrons. The number of amides is 1. The van der Waals surface area contributed by atoms with Gasteiger partial charge in [-0.25, -0.2) is 0 Å². The van der Waals surface area contributed by atoms with Crippen molar-refractivity contribution in [3.05, 3.63) is 24.5 Å². The molecule has 0 aliphatic carbocycles. The summed E-state index contributed by atoms with van der Waals surface area (Å²) in [6.07, 6.45) is 7.92. The molecule has 2 aromatic rings. The molecule has 1 aliphatic heterocycles. The number of piperidine rings is 1. The molecule has 1 amide bonds. The lowest BCUT2D eigenvalue weighted by molar-refractivity contribution is -0.134. The zero-order chi connectivity index (χ0) is 18.5. The second kappa shape index (κ2) is 8.66. The van der Waals surface area contributed by atoms with Gasteiger partial charge in [0.05, 0.1) is 5.75 Å². The average Bonchev–Trinajstić information content (AvgIpc) is 3.03. The lowest BCUT2D eigenvalue weighted by atomic mass is 9.98. The molecule has 1 aliphatic rings. The van der Waals surface area contributed by atoms with Gasteiger partial charge in [0.1, 0.15) is 0 Å². The number of carbonyl (C=O) groups excluding carboxylic acids is 1. The number of thioether (sulfide) groups is 1. The Balaban J connectivity index is 1.73. The van der Waals surface area contributed by atoms with E-state index in [1.807, 2.05) is 12.1 Å². The second-order valence-corrected chi connectivity index (χ2v) is 7.86. The van der Waals surface area contributed by atoms with Crippen molar-refractivity contribution in [3.63, 3.8) is 0 Å². The minimum absolute atomic E-state index is 0.198. The van der Waals surface area contributed by atoms with E-state index in [2.05, 4.69) is 45.4 Å². The van der Waals surface area contributed by atoms with Crippen LogP contribution in [0, 0.1) is 0 Å². The molecule has 2 atom stereocenters. The van der Waals surface area contributed by atoms with E-state index < -0.39 is 0 Å². The number of nitrogens with zero attached hydrogens (tertiary/aromatic N) is 5. The number of carbonyl (C=O) groups is 1. The van der Waals surface area contributed by atoms with Crippen molar-refractivity contribution in [1.82, 2.24) is 24.6 Å². The van der Waals surface area contributed by atoms with E-state index in [1.165, 1.54) is 18.2 Å². The largest absolute Gasteiger partial charge is 0.337 e. The molecule has 0 spiro atoms. The van der Waals surface area contributed by atoms with E-state index in [0.717, 1.165) is 42.4 Å². The van der Waals surface area contributed by atoms with Crippen molar-refractivity contribution in [1.29, 1.82) is 0 Å². The molecule has 140 valence electrons. The summed E-state index contributed by atoms with van der Waals surface area (Å²) in [5.74, 6) is 1.42. The third kappa shape index (κ3) is 4.09. The summed E-state index contributed by atoms with van der Waals surface area (Å²) >= 11 is 1.49. The van der Waals surface area contributed by atoms with Crippen LogP contribution in [0.1, 0.15) is 46.5 Å². The number of hydrogen-bond acceptors (Lipinski definition) is 5. The highest BCUT2D eigenvalue weighted by Gasteiger charge is 2.29. The number of rotatable bonds is 6. The molecule has 2 unspecified atom stereocenters. The van der Waals surface area contributed by atoms with Gasteiger partial charge in [-0.2, -0.15) is 0 Å². The van der Waals surface area contributed by atoms with Crippen LogP contribution in [-0.2, 0) is 11.3 Å². The van der Waals surface area contributed by atoms with Crippen molar-refractivity contribution >= 4 is 17.7 Å². The molecule has 6 nitrogen and oxygen atoms in total. The molecule has 26 heavy (non-hydrogen) atoms. The molecule has 3 rings (SSSR count). The van der Waals surface area contributed by atoms with Crippen molar-refractivity contribution in [2.75, 3.05) is 5.75 Å². The van der Waals surface area contributed by atoms with Gasteiger partial charge in [-0.05, 0) is 51.7 Å². The van der Waals surface area contributed by atoms with Gasteiger partial charge in [0.2, 0.25) is 5.91 Å². The predicted molar refractivity (Wildman–Crippen MR) is 104 cm³/mol. The fourth-order valence-corrected chi connectivity index (χ4v) is 4.48. The maximum absolute atomic E-state index is 12.8. The van der Waals surface area contributed by atoms with Crippen molar-refractivity contribution in [2.45, 2.75) is 70.2 Å². The minimum Gasteiger partial charge on any atom is -0.337 e. The molecule has 0 aromatic carbocycles. The van der Waals surface area contributed by atoms with E-state index in [1.54, 1.807) is 12.4 Å². The first-order valence-corrected chi connectivity index (χ1v) is 10.4. The zero-order valence-electron chi connectivity index (χ0n) is 15.8. The van der Waals surface area contributed by atoms with E-state index in [-0.39, 0.29) is 5.91 Å². The van der Waals surface area contributed by atoms with Gasteiger partial charge in [-0.15, -0.1) is 10.2 Å². The maximum Gasteiger partial charge on any atom is 0.233 e. The minimum atomic E-state index is 0.198. The number of aromatic nitrogens is 4. The average molecular weight is 374 g/mol. The quantitative estimate of drug-likeness (QED) is 0.724. The molecule has 1 saturated heterocycles. The van der Waals surface area contributed by atoms with E-state index in [4.69, 9.17) is 0 Å². The summed E-state index contributed by atoms with van der Waals surface area (Å²) in [6.45, 7) is 7.25. The van der Waals surface area contributed by atoms with Gasteiger partial charge in [-0.1, -0.05) is 18.7 Å². The maximum atomic E-state index is 12.8. The summed E-state index contributed by atoms with van der Waals surface area (Å²) in [5, 5.41) is 9.50. The van der Waals surface area contributed by atoms with E-state index in [0.29, 0.717) is 17.8 Å². The van der Waals surface area contributed by atoms with Crippen LogP contribution in [0.4, 0.5) is 0 Å². The Hall–Kier alpha value is -1.89. The first kappa shape index (κ1) is 18.9. The topological polar surface area (TPSA) is 63.9 Å². The highest BCUT2D eigenvalue weighted by molar-refractivity contribution is 7.99. The van der Waals surface area contributed by atoms with E-state index >= 15 is 0 Å². The Morgan fingerprint density at radius 1 is 1.27 bits per heavy atom. The van der Waals surface area contributed by atoms with Crippen LogP contribution in [0.5, 0.6) is 0 Å². The zero-order valence-corrected chi connectivity index (χ0v) is 16.6. The monoisotopic (exact) mass is 373 g/mol. The van der Waals surface area contributed by atoms with Crippen molar-refractivity contribution in [3.8, 4) is 11.4 Å². The van der Waals surface area contributed by atoms with Crippen LogP contribution in [0.2, 0.25) is 0 Å². The summed E-state index contributed by atoms with van der Waals surface area (Å²) in [6, 6.07) is 4.54. The first-order valence-electron chi connectivity index (χ1n) is 9.39. The summed E-state index contributed by atoms with van der Waals surface area (Å²) < 4.78 is 2.10. The predicted octanol–water partition coefficient (Wildman–Crippen LogP) is 3.63. The molecule has 1 fully saturated rings. The normalized spacial score (nSPS) is 20.3. The Labute approximate surface area is 159 Å². The van der Waals surface area contributed by atoms with E-state index in [9.17, 15) is 4.79 Å². The fraction of sp³-hybridized carbons (Fsp3) is 0.579. The first-order chi connectivity index (χ1) is 12.6. The van der Waals surface area contributed by atoms with Crippen LogP contribution < -0.4 is 0 Å². The molecular weight excluding hydrogens is 346 g/mol. The third-order valence-electron chi connectivity index (χ3n) is 4.89. The molecule has 3 heterocycles. The SMILES string of the molecule is CCCn1c(SCC(=O)N2C(C)CCCC2C)nnc1-c1cccnc1. The standard InChI is InChI=1S/C19H27N5OS/c1-4-11-23-18(16-9-6-10-20-12-16)21-22-19(23)26-13-17(25)24-14(2)7-5-8-15(24)3/h6,9-10,12,14-15H,4-5,7-8,11,13H2,1-3H3. The fourth-order valence-electron chi connectivity index (χ4n) is 3.64. The summed E-state index contributed by atoms with van der Waals surface area (Å²) in [5.41, 5.74) is 0.949. The van der Waals surface area contributed by atoms with Crippen LogP contribution in [0.3, 0.4) is 0 Å². The molecule has 0 N–H and O–H groups in total. The highest BCUT2D eigenvalue weighted by Crippen LogP contribution is 2.27. The number of likely N-dealkylation sites (tertiary alicyclic amines) is 1. The van der Waals surface area contributed by atoms with Crippen LogP contribution in [0.25, 0.3) is 11.4 Å². The smallest absolute Gasteiger partial charge is 0.233 e. The van der Waals surface area contributed by atoms with Gasteiger partial charge in [0.25, 0.3) is 0 Å². The van der Waals surface area contributed by atoms with Crippen molar-refractivity contribution in [2.24, 2.45) is 0 Å². The summed E-state index contributed by atoms with van der Waals surface area (Å²) in [7, 11) is 0. The molecule has 2 aromatic heterocycles. The Kier molecular flexibility index (Phi) is 6.29. The Morgan fingerprint density at radius 3 is 2.69 bits per heavy atom. The molecule has 0 saturated carbocycles. The van der Waals surface area contributed by atoms with Gasteiger partial charge in [0.15, 0.2) is 11.0 Å².